The Morgan fingerprint density at radius 2 is 1.96 bits per heavy atom. The molecule has 0 saturated carbocycles. The summed E-state index contributed by atoms with van der Waals surface area (Å²) in [5, 5.41) is 5.17. The lowest BCUT2D eigenvalue weighted by Crippen LogP contribution is -2.21. The summed E-state index contributed by atoms with van der Waals surface area (Å²) in [5.41, 5.74) is 2.26. The molecule has 0 spiro atoms. The fourth-order valence-corrected chi connectivity index (χ4v) is 4.16. The van der Waals surface area contributed by atoms with Gasteiger partial charge in [0.2, 0.25) is 0 Å². The molecule has 1 atom stereocenters. The van der Waals surface area contributed by atoms with E-state index in [1.165, 1.54) is 21.8 Å². The molecule has 0 bridgehead atoms. The van der Waals surface area contributed by atoms with Crippen molar-refractivity contribution in [2.24, 2.45) is 5.92 Å². The predicted octanol–water partition coefficient (Wildman–Crippen LogP) is 3.03. The first-order valence-electron chi connectivity index (χ1n) is 8.87. The fraction of sp³-hybridized carbons (Fsp3) is 0.350. The number of benzene rings is 1. The molecule has 27 heavy (non-hydrogen) atoms. The Morgan fingerprint density at radius 1 is 1.22 bits per heavy atom. The van der Waals surface area contributed by atoms with Gasteiger partial charge in [-0.3, -0.25) is 9.59 Å². The molecule has 1 aromatic heterocycles. The number of aryl methyl sites for hydroxylation is 1. The highest BCUT2D eigenvalue weighted by atomic mass is 32.1. The van der Waals surface area contributed by atoms with Crippen LogP contribution in [0.2, 0.25) is 0 Å². The van der Waals surface area contributed by atoms with Crippen LogP contribution in [0.1, 0.15) is 43.8 Å². The number of nitrogens with one attached hydrogen (secondary N) is 2. The summed E-state index contributed by atoms with van der Waals surface area (Å²) in [5.74, 6) is -0.454. The molecule has 1 aromatic carbocycles. The maximum atomic E-state index is 12.2. The molecule has 1 aliphatic carbocycles. The molecular formula is C20H22N2O4S. The first-order chi connectivity index (χ1) is 13.0. The van der Waals surface area contributed by atoms with Gasteiger partial charge in [-0.1, -0.05) is 6.92 Å². The van der Waals surface area contributed by atoms with Gasteiger partial charge in [-0.25, -0.2) is 4.79 Å². The molecule has 1 aliphatic rings. The Hall–Kier alpha value is -2.67. The van der Waals surface area contributed by atoms with E-state index in [9.17, 15) is 14.4 Å². The summed E-state index contributed by atoms with van der Waals surface area (Å²) in [6.45, 7) is 1.86. The number of fused-ring (bicyclic) bond motifs is 1. The number of amides is 2. The maximum absolute atomic E-state index is 12.2. The van der Waals surface area contributed by atoms with Crippen LogP contribution in [-0.4, -0.2) is 31.4 Å². The second kappa shape index (κ2) is 8.35. The summed E-state index contributed by atoms with van der Waals surface area (Å²) >= 11 is 1.46. The highest BCUT2D eigenvalue weighted by Crippen LogP contribution is 2.32. The third kappa shape index (κ3) is 4.74. The highest BCUT2D eigenvalue weighted by molar-refractivity contribution is 7.14. The first kappa shape index (κ1) is 19.1. The lowest BCUT2D eigenvalue weighted by molar-refractivity contribution is -0.119. The average Bonchev–Trinajstić information content (AvgIpc) is 3.09. The summed E-state index contributed by atoms with van der Waals surface area (Å²) in [7, 11) is 1.55. The van der Waals surface area contributed by atoms with E-state index < -0.39 is 11.9 Å². The lowest BCUT2D eigenvalue weighted by atomic mass is 9.90. The minimum atomic E-state index is -0.466. The van der Waals surface area contributed by atoms with Crippen LogP contribution in [0.15, 0.2) is 30.3 Å². The monoisotopic (exact) mass is 386 g/mol. The van der Waals surface area contributed by atoms with E-state index in [0.717, 1.165) is 19.3 Å². The van der Waals surface area contributed by atoms with Crippen molar-refractivity contribution >= 4 is 34.8 Å². The van der Waals surface area contributed by atoms with Crippen LogP contribution in [0.3, 0.4) is 0 Å². The fourth-order valence-electron chi connectivity index (χ4n) is 3.05. The largest absolute Gasteiger partial charge is 0.451 e. The van der Waals surface area contributed by atoms with Crippen molar-refractivity contribution < 1.29 is 19.1 Å². The van der Waals surface area contributed by atoms with Crippen molar-refractivity contribution in [2.45, 2.75) is 26.2 Å². The number of rotatable bonds is 5. The Labute approximate surface area is 161 Å². The van der Waals surface area contributed by atoms with Crippen molar-refractivity contribution in [1.29, 1.82) is 0 Å². The van der Waals surface area contributed by atoms with Crippen LogP contribution < -0.4 is 10.6 Å². The molecular weight excluding hydrogens is 364 g/mol. The van der Waals surface area contributed by atoms with Crippen LogP contribution in [0.5, 0.6) is 0 Å². The Balaban J connectivity index is 1.51. The molecule has 2 amide bonds. The molecule has 0 fully saturated rings. The molecule has 0 unspecified atom stereocenters. The standard InChI is InChI=1S/C20H22N2O4S/c1-12-3-8-16-14(9-12)10-17(27-16)20(25)26-11-18(23)22-15-6-4-13(5-7-15)19(24)21-2/h4-7,10,12H,3,8-9,11H2,1-2H3,(H,21,24)(H,22,23)/t12-/m0/s1. The van der Waals surface area contributed by atoms with Gasteiger partial charge in [0, 0.05) is 23.2 Å². The van der Waals surface area contributed by atoms with Crippen molar-refractivity contribution in [3.63, 3.8) is 0 Å². The van der Waals surface area contributed by atoms with E-state index in [1.54, 1.807) is 31.3 Å². The van der Waals surface area contributed by atoms with Gasteiger partial charge in [0.15, 0.2) is 6.61 Å². The Bertz CT molecular complexity index is 857. The van der Waals surface area contributed by atoms with Gasteiger partial charge in [0.1, 0.15) is 4.88 Å². The van der Waals surface area contributed by atoms with E-state index >= 15 is 0 Å². The summed E-state index contributed by atoms with van der Waals surface area (Å²) in [6, 6.07) is 8.36. The molecule has 0 saturated heterocycles. The smallest absolute Gasteiger partial charge is 0.348 e. The predicted molar refractivity (Wildman–Crippen MR) is 104 cm³/mol. The molecule has 7 heteroatoms. The molecule has 6 nitrogen and oxygen atoms in total. The second-order valence-electron chi connectivity index (χ2n) is 6.69. The van der Waals surface area contributed by atoms with Crippen molar-refractivity contribution in [3.8, 4) is 0 Å². The highest BCUT2D eigenvalue weighted by Gasteiger charge is 2.21. The van der Waals surface area contributed by atoms with Gasteiger partial charge in [0.25, 0.3) is 11.8 Å². The van der Waals surface area contributed by atoms with Crippen molar-refractivity contribution in [1.82, 2.24) is 5.32 Å². The molecule has 2 N–H and O–H groups in total. The first-order valence-corrected chi connectivity index (χ1v) is 9.68. The lowest BCUT2D eigenvalue weighted by Gasteiger charge is -2.16. The summed E-state index contributed by atoms with van der Waals surface area (Å²) in [4.78, 5) is 37.5. The number of esters is 1. The Morgan fingerprint density at radius 3 is 2.67 bits per heavy atom. The number of hydrogen-bond donors (Lipinski definition) is 2. The quantitative estimate of drug-likeness (QED) is 0.774. The molecule has 0 radical (unpaired) electrons. The number of carbonyl (C=O) groups is 3. The van der Waals surface area contributed by atoms with Crippen LogP contribution in [-0.2, 0) is 22.4 Å². The molecule has 142 valence electrons. The van der Waals surface area contributed by atoms with E-state index in [2.05, 4.69) is 17.6 Å². The van der Waals surface area contributed by atoms with Gasteiger partial charge < -0.3 is 15.4 Å². The van der Waals surface area contributed by atoms with Crippen LogP contribution in [0, 0.1) is 5.92 Å². The third-order valence-corrected chi connectivity index (χ3v) is 5.74. The zero-order valence-corrected chi connectivity index (χ0v) is 16.2. The number of hydrogen-bond acceptors (Lipinski definition) is 5. The molecule has 0 aliphatic heterocycles. The van der Waals surface area contributed by atoms with Gasteiger partial charge in [-0.15, -0.1) is 11.3 Å². The van der Waals surface area contributed by atoms with E-state index in [4.69, 9.17) is 4.74 Å². The van der Waals surface area contributed by atoms with E-state index in [0.29, 0.717) is 22.0 Å². The topological polar surface area (TPSA) is 84.5 Å². The normalized spacial score (nSPS) is 15.6. The van der Waals surface area contributed by atoms with Crippen LogP contribution >= 0.6 is 11.3 Å². The summed E-state index contributed by atoms with van der Waals surface area (Å²) < 4.78 is 5.14. The van der Waals surface area contributed by atoms with Crippen LogP contribution in [0.25, 0.3) is 0 Å². The minimum absolute atomic E-state index is 0.199. The molecule has 3 rings (SSSR count). The van der Waals surface area contributed by atoms with Gasteiger partial charge in [-0.2, -0.15) is 0 Å². The second-order valence-corrected chi connectivity index (χ2v) is 7.82. The maximum Gasteiger partial charge on any atom is 0.348 e. The van der Waals surface area contributed by atoms with Crippen molar-refractivity contribution in [3.05, 3.63) is 51.2 Å². The number of ether oxygens (including phenoxy) is 1. The van der Waals surface area contributed by atoms with Crippen LogP contribution in [0.4, 0.5) is 5.69 Å². The number of anilines is 1. The van der Waals surface area contributed by atoms with E-state index in [-0.39, 0.29) is 12.5 Å². The minimum Gasteiger partial charge on any atom is -0.451 e. The molecule has 1 heterocycles. The average molecular weight is 386 g/mol. The zero-order valence-electron chi connectivity index (χ0n) is 15.3. The van der Waals surface area contributed by atoms with Gasteiger partial charge in [-0.05, 0) is 61.1 Å². The van der Waals surface area contributed by atoms with Gasteiger partial charge in [0.05, 0.1) is 0 Å². The third-order valence-electron chi connectivity index (χ3n) is 4.52. The number of carbonyl (C=O) groups excluding carboxylic acids is 3. The Kier molecular flexibility index (Phi) is 5.91. The van der Waals surface area contributed by atoms with E-state index in [1.807, 2.05) is 6.07 Å². The molecule has 2 aromatic rings. The number of thiophene rings is 1. The SMILES string of the molecule is CNC(=O)c1ccc(NC(=O)COC(=O)c2cc3c(s2)CC[C@H](C)C3)cc1. The summed E-state index contributed by atoms with van der Waals surface area (Å²) in [6.07, 6.45) is 3.13. The zero-order chi connectivity index (χ0) is 19.4. The van der Waals surface area contributed by atoms with Gasteiger partial charge >= 0.3 is 5.97 Å². The van der Waals surface area contributed by atoms with Crippen molar-refractivity contribution in [2.75, 3.05) is 19.0 Å².